The Morgan fingerprint density at radius 2 is 1.83 bits per heavy atom. The highest BCUT2D eigenvalue weighted by Gasteiger charge is 2.14. The molecule has 0 bridgehead atoms. The van der Waals surface area contributed by atoms with Crippen molar-refractivity contribution in [3.05, 3.63) is 65.9 Å². The fraction of sp³-hybridized carbons (Fsp3) is 0.333. The molecule has 1 saturated carbocycles. The molecule has 5 nitrogen and oxygen atoms in total. The first-order valence-corrected chi connectivity index (χ1v) is 10.3. The summed E-state index contributed by atoms with van der Waals surface area (Å²) in [5.74, 6) is 1.07. The van der Waals surface area contributed by atoms with E-state index in [-0.39, 0.29) is 5.91 Å². The van der Waals surface area contributed by atoms with Crippen LogP contribution < -0.4 is 15.4 Å². The van der Waals surface area contributed by atoms with Gasteiger partial charge in [-0.05, 0) is 35.9 Å². The van der Waals surface area contributed by atoms with E-state index >= 15 is 0 Å². The van der Waals surface area contributed by atoms with Gasteiger partial charge in [-0.15, -0.1) is 0 Å². The van der Waals surface area contributed by atoms with Crippen LogP contribution in [0.2, 0.25) is 0 Å². The highest BCUT2D eigenvalue weighted by Crippen LogP contribution is 2.31. The summed E-state index contributed by atoms with van der Waals surface area (Å²) < 4.78 is 6.05. The van der Waals surface area contributed by atoms with E-state index in [2.05, 4.69) is 39.9 Å². The van der Waals surface area contributed by atoms with Crippen LogP contribution in [0.3, 0.4) is 0 Å². The molecule has 0 radical (unpaired) electrons. The topological polar surface area (TPSA) is 63.2 Å². The molecule has 1 amide bonds. The Labute approximate surface area is 171 Å². The van der Waals surface area contributed by atoms with Gasteiger partial charge in [0.25, 0.3) is 5.91 Å². The Kier molecular flexibility index (Phi) is 6.06. The number of ether oxygens (including phenoxy) is 1. The van der Waals surface area contributed by atoms with Gasteiger partial charge in [-0.25, -0.2) is 4.98 Å². The first-order valence-electron chi connectivity index (χ1n) is 10.3. The lowest BCUT2D eigenvalue weighted by Crippen LogP contribution is -2.30. The van der Waals surface area contributed by atoms with Crippen LogP contribution in [0.15, 0.2) is 54.7 Å². The Morgan fingerprint density at radius 1 is 1.03 bits per heavy atom. The summed E-state index contributed by atoms with van der Waals surface area (Å²) in [6.07, 6.45) is 8.10. The summed E-state index contributed by atoms with van der Waals surface area (Å²) in [6, 6.07) is 16.5. The van der Waals surface area contributed by atoms with Crippen LogP contribution in [-0.2, 0) is 6.54 Å². The Bertz CT molecular complexity index is 979. The lowest BCUT2D eigenvalue weighted by Gasteiger charge is -2.23. The molecular weight excluding hydrogens is 362 g/mol. The molecule has 1 fully saturated rings. The second-order valence-corrected chi connectivity index (χ2v) is 7.55. The number of carbonyl (C=O) groups excluding carboxylic acids is 1. The summed E-state index contributed by atoms with van der Waals surface area (Å²) in [7, 11) is 1.60. The maximum atomic E-state index is 11.7. The predicted octanol–water partition coefficient (Wildman–Crippen LogP) is 4.81. The Balaban J connectivity index is 1.53. The first-order chi connectivity index (χ1) is 14.2. The van der Waals surface area contributed by atoms with Crippen LogP contribution in [0.1, 0.15) is 48.0 Å². The van der Waals surface area contributed by atoms with Crippen molar-refractivity contribution < 1.29 is 9.53 Å². The molecule has 0 unspecified atom stereocenters. The highest BCUT2D eigenvalue weighted by atomic mass is 16.5. The predicted molar refractivity (Wildman–Crippen MR) is 115 cm³/mol. The molecule has 1 aliphatic carbocycles. The van der Waals surface area contributed by atoms with Crippen molar-refractivity contribution in [3.8, 4) is 11.6 Å². The second kappa shape index (κ2) is 9.05. The quantitative estimate of drug-likeness (QED) is 0.635. The van der Waals surface area contributed by atoms with E-state index in [9.17, 15) is 4.79 Å². The summed E-state index contributed by atoms with van der Waals surface area (Å²) in [6.45, 7) is 0.866. The van der Waals surface area contributed by atoms with Crippen LogP contribution in [0.25, 0.3) is 10.8 Å². The van der Waals surface area contributed by atoms with Gasteiger partial charge in [0.15, 0.2) is 0 Å². The Hall–Kier alpha value is -2.92. The zero-order chi connectivity index (χ0) is 20.1. The average molecular weight is 389 g/mol. The van der Waals surface area contributed by atoms with Crippen LogP contribution >= 0.6 is 0 Å². The third kappa shape index (κ3) is 4.57. The third-order valence-electron chi connectivity index (χ3n) is 5.60. The van der Waals surface area contributed by atoms with E-state index in [1.165, 1.54) is 49.3 Å². The summed E-state index contributed by atoms with van der Waals surface area (Å²) in [5, 5.41) is 8.57. The van der Waals surface area contributed by atoms with E-state index in [0.29, 0.717) is 17.5 Å². The summed E-state index contributed by atoms with van der Waals surface area (Å²) >= 11 is 0. The van der Waals surface area contributed by atoms with Crippen molar-refractivity contribution in [2.24, 2.45) is 0 Å². The zero-order valence-electron chi connectivity index (χ0n) is 16.8. The van der Waals surface area contributed by atoms with Gasteiger partial charge in [0, 0.05) is 37.3 Å². The van der Waals surface area contributed by atoms with Gasteiger partial charge in [0.1, 0.15) is 5.75 Å². The molecule has 150 valence electrons. The third-order valence-corrected chi connectivity index (χ3v) is 5.60. The number of nitrogens with one attached hydrogen (secondary N) is 2. The van der Waals surface area contributed by atoms with Gasteiger partial charge in [0.2, 0.25) is 5.88 Å². The van der Waals surface area contributed by atoms with Crippen LogP contribution in [0, 0.1) is 0 Å². The van der Waals surface area contributed by atoms with Gasteiger partial charge >= 0.3 is 0 Å². The van der Waals surface area contributed by atoms with E-state index in [1.54, 1.807) is 19.2 Å². The monoisotopic (exact) mass is 389 g/mol. The number of rotatable bonds is 6. The molecule has 2 aromatic carbocycles. The first kappa shape index (κ1) is 19.4. The number of benzene rings is 2. The summed E-state index contributed by atoms with van der Waals surface area (Å²) in [5.41, 5.74) is 1.79. The van der Waals surface area contributed by atoms with Gasteiger partial charge in [0.05, 0.1) is 5.56 Å². The smallest absolute Gasteiger partial charge is 0.252 e. The van der Waals surface area contributed by atoms with Crippen LogP contribution in [0.4, 0.5) is 0 Å². The normalized spacial score (nSPS) is 14.7. The molecule has 1 heterocycles. The summed E-state index contributed by atoms with van der Waals surface area (Å²) in [4.78, 5) is 15.9. The van der Waals surface area contributed by atoms with Crippen molar-refractivity contribution in [3.63, 3.8) is 0 Å². The molecule has 1 aromatic heterocycles. The molecule has 3 aromatic rings. The number of amides is 1. The van der Waals surface area contributed by atoms with Gasteiger partial charge in [-0.3, -0.25) is 4.79 Å². The largest absolute Gasteiger partial charge is 0.438 e. The molecule has 0 spiro atoms. The van der Waals surface area contributed by atoms with Gasteiger partial charge in [-0.2, -0.15) is 0 Å². The lowest BCUT2D eigenvalue weighted by molar-refractivity contribution is 0.0962. The molecule has 0 atom stereocenters. The molecular formula is C24H27N3O2. The Morgan fingerprint density at radius 3 is 2.59 bits per heavy atom. The number of hydrogen-bond donors (Lipinski definition) is 2. The van der Waals surface area contributed by atoms with Gasteiger partial charge < -0.3 is 15.4 Å². The van der Waals surface area contributed by atoms with E-state index in [1.807, 2.05) is 12.1 Å². The van der Waals surface area contributed by atoms with Crippen molar-refractivity contribution in [1.82, 2.24) is 15.6 Å². The molecule has 0 saturated heterocycles. The van der Waals surface area contributed by atoms with Crippen molar-refractivity contribution in [2.45, 2.75) is 44.7 Å². The molecule has 1 aliphatic rings. The fourth-order valence-corrected chi connectivity index (χ4v) is 3.98. The average Bonchev–Trinajstić information content (AvgIpc) is 2.78. The van der Waals surface area contributed by atoms with E-state index in [0.717, 1.165) is 17.7 Å². The lowest BCUT2D eigenvalue weighted by atomic mass is 9.95. The number of carbonyl (C=O) groups is 1. The fourth-order valence-electron chi connectivity index (χ4n) is 3.98. The maximum Gasteiger partial charge on any atom is 0.252 e. The number of aromatic nitrogens is 1. The number of nitrogens with zero attached hydrogens (tertiary/aromatic N) is 1. The molecule has 5 heteroatoms. The molecule has 2 N–H and O–H groups in total. The van der Waals surface area contributed by atoms with Gasteiger partial charge in [-0.1, -0.05) is 49.6 Å². The minimum absolute atomic E-state index is 0.163. The van der Waals surface area contributed by atoms with Crippen molar-refractivity contribution >= 4 is 16.7 Å². The molecule has 4 rings (SSSR count). The number of pyridine rings is 1. The van der Waals surface area contributed by atoms with Crippen molar-refractivity contribution in [1.29, 1.82) is 0 Å². The maximum absolute atomic E-state index is 11.7. The van der Waals surface area contributed by atoms with Crippen LogP contribution in [-0.4, -0.2) is 24.0 Å². The highest BCUT2D eigenvalue weighted by molar-refractivity contribution is 5.93. The molecule has 29 heavy (non-hydrogen) atoms. The second-order valence-electron chi connectivity index (χ2n) is 7.55. The minimum atomic E-state index is -0.163. The minimum Gasteiger partial charge on any atom is -0.438 e. The van der Waals surface area contributed by atoms with E-state index < -0.39 is 0 Å². The van der Waals surface area contributed by atoms with Crippen molar-refractivity contribution in [2.75, 3.05) is 7.05 Å². The standard InChI is InChI=1S/C24H27N3O2/c1-25-24(28)18-13-14-23(27-16-18)29-22-12-6-10-20-17(7-5-11-21(20)22)15-26-19-8-3-2-4-9-19/h5-7,10-14,16,19,26H,2-4,8-9,15H2,1H3,(H,25,28). The van der Waals surface area contributed by atoms with E-state index in [4.69, 9.17) is 4.74 Å². The molecule has 0 aliphatic heterocycles. The SMILES string of the molecule is CNC(=O)c1ccc(Oc2cccc3c(CNC4CCCCC4)cccc23)nc1. The zero-order valence-corrected chi connectivity index (χ0v) is 16.8. The number of hydrogen-bond acceptors (Lipinski definition) is 4. The number of fused-ring (bicyclic) bond motifs is 1. The van der Waals surface area contributed by atoms with Crippen LogP contribution in [0.5, 0.6) is 11.6 Å².